The van der Waals surface area contributed by atoms with Crippen molar-refractivity contribution in [1.82, 2.24) is 5.32 Å². The van der Waals surface area contributed by atoms with Crippen LogP contribution in [0.3, 0.4) is 0 Å². The summed E-state index contributed by atoms with van der Waals surface area (Å²) < 4.78 is 0. The maximum Gasteiger partial charge on any atom is 0.319 e. The average Bonchev–Trinajstić information content (AvgIpc) is 2.18. The van der Waals surface area contributed by atoms with Crippen LogP contribution in [0.15, 0.2) is 24.3 Å². The Kier molecular flexibility index (Phi) is 3.94. The molecule has 4 nitrogen and oxygen atoms in total. The van der Waals surface area contributed by atoms with Crippen molar-refractivity contribution in [2.45, 2.75) is 6.92 Å². The zero-order valence-corrected chi connectivity index (χ0v) is 8.21. The Hall–Kier alpha value is -1.55. The van der Waals surface area contributed by atoms with Gasteiger partial charge in [-0.05, 0) is 19.1 Å². The molecule has 0 aliphatic rings. The Morgan fingerprint density at radius 1 is 1.36 bits per heavy atom. The van der Waals surface area contributed by atoms with Gasteiger partial charge in [-0.1, -0.05) is 17.7 Å². The first-order valence-corrected chi connectivity index (χ1v) is 4.54. The van der Waals surface area contributed by atoms with Crippen LogP contribution in [0.2, 0.25) is 0 Å². The Bertz CT molecular complexity index is 295. The van der Waals surface area contributed by atoms with Gasteiger partial charge in [0.25, 0.3) is 0 Å². The van der Waals surface area contributed by atoms with Crippen molar-refractivity contribution >= 4 is 11.7 Å². The lowest BCUT2D eigenvalue weighted by Gasteiger charge is -2.06. The zero-order chi connectivity index (χ0) is 10.4. The smallest absolute Gasteiger partial charge is 0.319 e. The van der Waals surface area contributed by atoms with Gasteiger partial charge >= 0.3 is 6.03 Å². The minimum absolute atomic E-state index is 0.223. The van der Waals surface area contributed by atoms with E-state index in [4.69, 9.17) is 5.73 Å². The van der Waals surface area contributed by atoms with Gasteiger partial charge in [0.15, 0.2) is 0 Å². The van der Waals surface area contributed by atoms with E-state index in [-0.39, 0.29) is 6.03 Å². The summed E-state index contributed by atoms with van der Waals surface area (Å²) in [6.45, 7) is 2.93. The number of rotatable bonds is 3. The van der Waals surface area contributed by atoms with Gasteiger partial charge < -0.3 is 16.4 Å². The molecule has 1 aromatic carbocycles. The largest absolute Gasteiger partial charge is 0.337 e. The molecular formula is C10H15N3O. The summed E-state index contributed by atoms with van der Waals surface area (Å²) in [5, 5.41) is 5.32. The summed E-state index contributed by atoms with van der Waals surface area (Å²) in [5.41, 5.74) is 7.19. The Morgan fingerprint density at radius 3 is 2.57 bits per heavy atom. The van der Waals surface area contributed by atoms with E-state index in [2.05, 4.69) is 10.6 Å². The molecule has 1 aromatic rings. The lowest BCUT2D eigenvalue weighted by Crippen LogP contribution is -2.32. The molecule has 0 aliphatic heterocycles. The second kappa shape index (κ2) is 5.24. The van der Waals surface area contributed by atoms with Gasteiger partial charge in [-0.25, -0.2) is 4.79 Å². The van der Waals surface area contributed by atoms with Crippen LogP contribution in [0, 0.1) is 6.92 Å². The first kappa shape index (κ1) is 10.5. The highest BCUT2D eigenvalue weighted by Gasteiger charge is 1.98. The highest BCUT2D eigenvalue weighted by molar-refractivity contribution is 5.89. The van der Waals surface area contributed by atoms with E-state index in [0.29, 0.717) is 13.1 Å². The number of carbonyl (C=O) groups is 1. The third-order valence-electron chi connectivity index (χ3n) is 1.74. The summed E-state index contributed by atoms with van der Waals surface area (Å²) in [6, 6.07) is 7.38. The first-order chi connectivity index (χ1) is 6.72. The van der Waals surface area contributed by atoms with Gasteiger partial charge in [0.2, 0.25) is 0 Å². The molecule has 0 fully saturated rings. The Morgan fingerprint density at radius 2 is 2.00 bits per heavy atom. The fourth-order valence-corrected chi connectivity index (χ4v) is 0.998. The SMILES string of the molecule is Cc1ccc(NC(=O)NCCN)cc1. The van der Waals surface area contributed by atoms with Crippen LogP contribution in [0.5, 0.6) is 0 Å². The van der Waals surface area contributed by atoms with E-state index in [1.807, 2.05) is 31.2 Å². The molecule has 1 rings (SSSR count). The van der Waals surface area contributed by atoms with Crippen molar-refractivity contribution < 1.29 is 4.79 Å². The first-order valence-electron chi connectivity index (χ1n) is 4.54. The molecule has 76 valence electrons. The molecule has 0 aromatic heterocycles. The van der Waals surface area contributed by atoms with Gasteiger partial charge in [0.1, 0.15) is 0 Å². The van der Waals surface area contributed by atoms with Gasteiger partial charge in [0.05, 0.1) is 0 Å². The van der Waals surface area contributed by atoms with Crippen molar-refractivity contribution in [3.05, 3.63) is 29.8 Å². The van der Waals surface area contributed by atoms with Crippen molar-refractivity contribution in [3.63, 3.8) is 0 Å². The Labute approximate surface area is 83.5 Å². The fourth-order valence-electron chi connectivity index (χ4n) is 0.998. The van der Waals surface area contributed by atoms with Crippen molar-refractivity contribution in [2.24, 2.45) is 5.73 Å². The van der Waals surface area contributed by atoms with E-state index < -0.39 is 0 Å². The van der Waals surface area contributed by atoms with E-state index in [1.54, 1.807) is 0 Å². The number of anilines is 1. The molecule has 0 heterocycles. The van der Waals surface area contributed by atoms with Crippen LogP contribution in [-0.2, 0) is 0 Å². The van der Waals surface area contributed by atoms with Crippen molar-refractivity contribution in [2.75, 3.05) is 18.4 Å². The van der Waals surface area contributed by atoms with Crippen LogP contribution >= 0.6 is 0 Å². The number of amides is 2. The lowest BCUT2D eigenvalue weighted by molar-refractivity contribution is 0.252. The standard InChI is InChI=1S/C10H15N3O/c1-8-2-4-9(5-3-8)13-10(14)12-7-6-11/h2-5H,6-7,11H2,1H3,(H2,12,13,14). The molecular weight excluding hydrogens is 178 g/mol. The molecule has 0 radical (unpaired) electrons. The minimum Gasteiger partial charge on any atom is -0.337 e. The molecule has 4 heteroatoms. The maximum absolute atomic E-state index is 11.2. The summed E-state index contributed by atoms with van der Waals surface area (Å²) in [5.74, 6) is 0. The third-order valence-corrected chi connectivity index (χ3v) is 1.74. The quantitative estimate of drug-likeness (QED) is 0.672. The number of hydrogen-bond donors (Lipinski definition) is 3. The second-order valence-electron chi connectivity index (χ2n) is 3.04. The molecule has 0 bridgehead atoms. The highest BCUT2D eigenvalue weighted by Crippen LogP contribution is 2.07. The zero-order valence-electron chi connectivity index (χ0n) is 8.21. The molecule has 0 saturated heterocycles. The van der Waals surface area contributed by atoms with Crippen LogP contribution < -0.4 is 16.4 Å². The van der Waals surface area contributed by atoms with Crippen molar-refractivity contribution in [1.29, 1.82) is 0 Å². The topological polar surface area (TPSA) is 67.2 Å². The molecule has 0 aliphatic carbocycles. The van der Waals surface area contributed by atoms with Gasteiger partial charge in [0, 0.05) is 18.8 Å². The van der Waals surface area contributed by atoms with Crippen LogP contribution in [-0.4, -0.2) is 19.1 Å². The molecule has 4 N–H and O–H groups in total. The summed E-state index contributed by atoms with van der Waals surface area (Å²) in [4.78, 5) is 11.2. The number of carbonyl (C=O) groups excluding carboxylic acids is 1. The van der Waals surface area contributed by atoms with Crippen LogP contribution in [0.1, 0.15) is 5.56 Å². The fraction of sp³-hybridized carbons (Fsp3) is 0.300. The minimum atomic E-state index is -0.223. The molecule has 14 heavy (non-hydrogen) atoms. The van der Waals surface area contributed by atoms with E-state index in [0.717, 1.165) is 11.3 Å². The van der Waals surface area contributed by atoms with E-state index in [1.165, 1.54) is 0 Å². The number of nitrogens with one attached hydrogen (secondary N) is 2. The third kappa shape index (κ3) is 3.45. The summed E-state index contributed by atoms with van der Waals surface area (Å²) in [7, 11) is 0. The van der Waals surface area contributed by atoms with Crippen molar-refractivity contribution in [3.8, 4) is 0 Å². The van der Waals surface area contributed by atoms with Crippen LogP contribution in [0.4, 0.5) is 10.5 Å². The summed E-state index contributed by atoms with van der Waals surface area (Å²) >= 11 is 0. The predicted octanol–water partition coefficient (Wildman–Crippen LogP) is 1.08. The predicted molar refractivity (Wildman–Crippen MR) is 57.3 cm³/mol. The monoisotopic (exact) mass is 193 g/mol. The number of urea groups is 1. The molecule has 0 atom stereocenters. The number of aryl methyl sites for hydroxylation is 1. The van der Waals surface area contributed by atoms with Gasteiger partial charge in [-0.3, -0.25) is 0 Å². The van der Waals surface area contributed by atoms with Crippen LogP contribution in [0.25, 0.3) is 0 Å². The highest BCUT2D eigenvalue weighted by atomic mass is 16.2. The lowest BCUT2D eigenvalue weighted by atomic mass is 10.2. The average molecular weight is 193 g/mol. The van der Waals surface area contributed by atoms with E-state index >= 15 is 0 Å². The normalized spacial score (nSPS) is 9.57. The molecule has 0 saturated carbocycles. The molecule has 0 spiro atoms. The summed E-state index contributed by atoms with van der Waals surface area (Å²) in [6.07, 6.45) is 0. The number of benzene rings is 1. The molecule has 0 unspecified atom stereocenters. The second-order valence-corrected chi connectivity index (χ2v) is 3.04. The van der Waals surface area contributed by atoms with Gasteiger partial charge in [-0.2, -0.15) is 0 Å². The Balaban J connectivity index is 2.44. The van der Waals surface area contributed by atoms with E-state index in [9.17, 15) is 4.79 Å². The van der Waals surface area contributed by atoms with Gasteiger partial charge in [-0.15, -0.1) is 0 Å². The maximum atomic E-state index is 11.2. The molecule has 2 amide bonds. The number of hydrogen-bond acceptors (Lipinski definition) is 2. The number of nitrogens with two attached hydrogens (primary N) is 1.